The SMILES string of the molecule is CCn1cc(CN[C@@H](C)CO)cn1. The standard InChI is InChI=1S/C9H17N3O/c1-3-12-6-9(5-11-12)4-10-8(2)7-13/h5-6,8,10,13H,3-4,7H2,1-2H3/t8-/m0/s1. The fourth-order valence-corrected chi connectivity index (χ4v) is 1.03. The summed E-state index contributed by atoms with van der Waals surface area (Å²) in [6.45, 7) is 5.84. The summed E-state index contributed by atoms with van der Waals surface area (Å²) >= 11 is 0. The Morgan fingerprint density at radius 3 is 3.00 bits per heavy atom. The van der Waals surface area contributed by atoms with Crippen LogP contribution in [-0.4, -0.2) is 27.5 Å². The van der Waals surface area contributed by atoms with Crippen molar-refractivity contribution in [2.45, 2.75) is 33.0 Å². The van der Waals surface area contributed by atoms with Gasteiger partial charge in [-0.05, 0) is 13.8 Å². The average molecular weight is 183 g/mol. The number of rotatable bonds is 5. The fraction of sp³-hybridized carbons (Fsp3) is 0.667. The maximum atomic E-state index is 8.78. The number of nitrogens with zero attached hydrogens (tertiary/aromatic N) is 2. The van der Waals surface area contributed by atoms with Crippen molar-refractivity contribution in [3.05, 3.63) is 18.0 Å². The summed E-state index contributed by atoms with van der Waals surface area (Å²) in [7, 11) is 0. The van der Waals surface area contributed by atoms with E-state index in [0.29, 0.717) is 0 Å². The molecule has 74 valence electrons. The molecule has 0 radical (unpaired) electrons. The van der Waals surface area contributed by atoms with Gasteiger partial charge in [0.05, 0.1) is 12.8 Å². The van der Waals surface area contributed by atoms with Gasteiger partial charge >= 0.3 is 0 Å². The molecule has 0 saturated heterocycles. The summed E-state index contributed by atoms with van der Waals surface area (Å²) in [5, 5.41) is 16.1. The molecule has 4 heteroatoms. The second-order valence-electron chi connectivity index (χ2n) is 3.17. The molecule has 0 aromatic carbocycles. The van der Waals surface area contributed by atoms with E-state index < -0.39 is 0 Å². The van der Waals surface area contributed by atoms with E-state index in [2.05, 4.69) is 17.3 Å². The highest BCUT2D eigenvalue weighted by molar-refractivity contribution is 5.03. The van der Waals surface area contributed by atoms with E-state index in [1.165, 1.54) is 0 Å². The number of aliphatic hydroxyl groups is 1. The van der Waals surface area contributed by atoms with Crippen molar-refractivity contribution in [1.29, 1.82) is 0 Å². The summed E-state index contributed by atoms with van der Waals surface area (Å²) in [5.41, 5.74) is 1.15. The Labute approximate surface area is 78.6 Å². The molecule has 1 rings (SSSR count). The first-order valence-electron chi connectivity index (χ1n) is 4.61. The third-order valence-electron chi connectivity index (χ3n) is 1.94. The minimum atomic E-state index is 0.143. The normalized spacial score (nSPS) is 13.2. The Balaban J connectivity index is 2.36. The number of nitrogens with one attached hydrogen (secondary N) is 1. The fourth-order valence-electron chi connectivity index (χ4n) is 1.03. The predicted octanol–water partition coefficient (Wildman–Crippen LogP) is 0.373. The first-order chi connectivity index (χ1) is 6.26. The zero-order chi connectivity index (χ0) is 9.68. The molecule has 0 aliphatic carbocycles. The van der Waals surface area contributed by atoms with Crippen LogP contribution >= 0.6 is 0 Å². The van der Waals surface area contributed by atoms with Gasteiger partial charge in [-0.15, -0.1) is 0 Å². The van der Waals surface area contributed by atoms with Crippen LogP contribution in [0.15, 0.2) is 12.4 Å². The maximum Gasteiger partial charge on any atom is 0.0582 e. The lowest BCUT2D eigenvalue weighted by Crippen LogP contribution is -2.28. The van der Waals surface area contributed by atoms with Gasteiger partial charge < -0.3 is 10.4 Å². The van der Waals surface area contributed by atoms with E-state index >= 15 is 0 Å². The molecule has 13 heavy (non-hydrogen) atoms. The Morgan fingerprint density at radius 1 is 1.69 bits per heavy atom. The molecule has 0 fully saturated rings. The number of aliphatic hydroxyl groups excluding tert-OH is 1. The largest absolute Gasteiger partial charge is 0.395 e. The van der Waals surface area contributed by atoms with Crippen molar-refractivity contribution in [1.82, 2.24) is 15.1 Å². The zero-order valence-corrected chi connectivity index (χ0v) is 8.20. The van der Waals surface area contributed by atoms with Crippen LogP contribution in [0, 0.1) is 0 Å². The van der Waals surface area contributed by atoms with Gasteiger partial charge in [-0.3, -0.25) is 4.68 Å². The second-order valence-corrected chi connectivity index (χ2v) is 3.17. The van der Waals surface area contributed by atoms with Crippen LogP contribution in [0.3, 0.4) is 0 Å². The molecule has 1 heterocycles. The highest BCUT2D eigenvalue weighted by Crippen LogP contribution is 1.97. The van der Waals surface area contributed by atoms with Crippen LogP contribution in [0.2, 0.25) is 0 Å². The minimum absolute atomic E-state index is 0.143. The van der Waals surface area contributed by atoms with Gasteiger partial charge in [0.25, 0.3) is 0 Å². The molecule has 0 aliphatic rings. The first-order valence-corrected chi connectivity index (χ1v) is 4.61. The van der Waals surface area contributed by atoms with Crippen molar-refractivity contribution in [3.63, 3.8) is 0 Å². The van der Waals surface area contributed by atoms with Gasteiger partial charge in [-0.2, -0.15) is 5.10 Å². The topological polar surface area (TPSA) is 50.1 Å². The molecule has 0 bridgehead atoms. The smallest absolute Gasteiger partial charge is 0.0582 e. The van der Waals surface area contributed by atoms with E-state index in [1.54, 1.807) is 0 Å². The second kappa shape index (κ2) is 4.99. The van der Waals surface area contributed by atoms with E-state index in [4.69, 9.17) is 5.11 Å². The summed E-state index contributed by atoms with van der Waals surface area (Å²) in [6.07, 6.45) is 3.86. The van der Waals surface area contributed by atoms with Gasteiger partial charge in [-0.25, -0.2) is 0 Å². The molecule has 1 aromatic heterocycles. The van der Waals surface area contributed by atoms with Gasteiger partial charge in [0.2, 0.25) is 0 Å². The predicted molar refractivity (Wildman–Crippen MR) is 51.3 cm³/mol. The third-order valence-corrected chi connectivity index (χ3v) is 1.94. The molecule has 0 unspecified atom stereocenters. The average Bonchev–Trinajstić information content (AvgIpc) is 2.61. The van der Waals surface area contributed by atoms with Gasteiger partial charge in [0, 0.05) is 30.9 Å². The molecular weight excluding hydrogens is 166 g/mol. The molecule has 0 saturated carbocycles. The molecular formula is C9H17N3O. The molecule has 0 aliphatic heterocycles. The Kier molecular flexibility index (Phi) is 3.92. The molecule has 0 spiro atoms. The highest BCUT2D eigenvalue weighted by atomic mass is 16.3. The molecule has 4 nitrogen and oxygen atoms in total. The van der Waals surface area contributed by atoms with Gasteiger partial charge in [-0.1, -0.05) is 0 Å². The Hall–Kier alpha value is -0.870. The van der Waals surface area contributed by atoms with Crippen molar-refractivity contribution in [2.24, 2.45) is 0 Å². The van der Waals surface area contributed by atoms with Gasteiger partial charge in [0.15, 0.2) is 0 Å². The number of aromatic nitrogens is 2. The molecule has 0 amide bonds. The van der Waals surface area contributed by atoms with Crippen molar-refractivity contribution in [2.75, 3.05) is 6.61 Å². The lowest BCUT2D eigenvalue weighted by atomic mass is 10.3. The van der Waals surface area contributed by atoms with E-state index in [9.17, 15) is 0 Å². The molecule has 1 atom stereocenters. The maximum absolute atomic E-state index is 8.78. The minimum Gasteiger partial charge on any atom is -0.395 e. The Morgan fingerprint density at radius 2 is 2.46 bits per heavy atom. The lowest BCUT2D eigenvalue weighted by Gasteiger charge is -2.08. The van der Waals surface area contributed by atoms with Crippen LogP contribution in [-0.2, 0) is 13.1 Å². The van der Waals surface area contributed by atoms with Crippen molar-refractivity contribution in [3.8, 4) is 0 Å². The van der Waals surface area contributed by atoms with Crippen LogP contribution < -0.4 is 5.32 Å². The van der Waals surface area contributed by atoms with E-state index in [1.807, 2.05) is 24.0 Å². The van der Waals surface area contributed by atoms with Crippen LogP contribution in [0.1, 0.15) is 19.4 Å². The third kappa shape index (κ3) is 3.16. The van der Waals surface area contributed by atoms with Crippen LogP contribution in [0.4, 0.5) is 0 Å². The van der Waals surface area contributed by atoms with Crippen molar-refractivity contribution >= 4 is 0 Å². The van der Waals surface area contributed by atoms with Gasteiger partial charge in [0.1, 0.15) is 0 Å². The van der Waals surface area contributed by atoms with Crippen molar-refractivity contribution < 1.29 is 5.11 Å². The quantitative estimate of drug-likeness (QED) is 0.693. The molecule has 2 N–H and O–H groups in total. The van der Waals surface area contributed by atoms with Crippen LogP contribution in [0.5, 0.6) is 0 Å². The zero-order valence-electron chi connectivity index (χ0n) is 8.20. The Bertz CT molecular complexity index is 247. The number of aryl methyl sites for hydroxylation is 1. The highest BCUT2D eigenvalue weighted by Gasteiger charge is 2.00. The number of hydrogen-bond acceptors (Lipinski definition) is 3. The summed E-state index contributed by atoms with van der Waals surface area (Å²) in [5.74, 6) is 0. The summed E-state index contributed by atoms with van der Waals surface area (Å²) in [6, 6.07) is 0.143. The summed E-state index contributed by atoms with van der Waals surface area (Å²) in [4.78, 5) is 0. The summed E-state index contributed by atoms with van der Waals surface area (Å²) < 4.78 is 1.89. The molecule has 1 aromatic rings. The lowest BCUT2D eigenvalue weighted by molar-refractivity contribution is 0.251. The van der Waals surface area contributed by atoms with E-state index in [0.717, 1.165) is 18.7 Å². The monoisotopic (exact) mass is 183 g/mol. The van der Waals surface area contributed by atoms with E-state index in [-0.39, 0.29) is 12.6 Å². The van der Waals surface area contributed by atoms with Crippen LogP contribution in [0.25, 0.3) is 0 Å². The first kappa shape index (κ1) is 10.2. The number of hydrogen-bond donors (Lipinski definition) is 2.